The Kier molecular flexibility index (Phi) is 6.10. The van der Waals surface area contributed by atoms with Crippen LogP contribution in [0.4, 0.5) is 5.69 Å². The predicted octanol–water partition coefficient (Wildman–Crippen LogP) is 3.98. The summed E-state index contributed by atoms with van der Waals surface area (Å²) in [6.07, 6.45) is 0. The monoisotopic (exact) mass is 328 g/mol. The maximum atomic E-state index is 5.73. The topological polar surface area (TPSA) is 33.7 Å². The molecular formula is C20H28N2O2. The summed E-state index contributed by atoms with van der Waals surface area (Å²) in [6.45, 7) is 5.92. The average Bonchev–Trinajstić information content (AvgIpc) is 2.56. The van der Waals surface area contributed by atoms with Crippen LogP contribution in [0.5, 0.6) is 11.5 Å². The molecular weight excluding hydrogens is 300 g/mol. The fourth-order valence-corrected chi connectivity index (χ4v) is 2.42. The molecule has 1 N–H and O–H groups in total. The second-order valence-electron chi connectivity index (χ2n) is 6.65. The summed E-state index contributed by atoms with van der Waals surface area (Å²) >= 11 is 0. The van der Waals surface area contributed by atoms with Gasteiger partial charge < -0.3 is 19.7 Å². The number of rotatable bonds is 8. The molecule has 0 amide bonds. The molecule has 0 saturated carbocycles. The van der Waals surface area contributed by atoms with E-state index in [9.17, 15) is 0 Å². The quantitative estimate of drug-likeness (QED) is 0.794. The van der Waals surface area contributed by atoms with Crippen LogP contribution in [-0.2, 0) is 5.54 Å². The third kappa shape index (κ3) is 5.17. The molecule has 2 aromatic rings. The van der Waals surface area contributed by atoms with Gasteiger partial charge in [0.2, 0.25) is 0 Å². The molecule has 0 saturated heterocycles. The molecule has 2 rings (SSSR count). The zero-order chi connectivity index (χ0) is 17.6. The van der Waals surface area contributed by atoms with Crippen molar-refractivity contribution in [3.63, 3.8) is 0 Å². The minimum absolute atomic E-state index is 0.181. The summed E-state index contributed by atoms with van der Waals surface area (Å²) in [7, 11) is 5.76. The van der Waals surface area contributed by atoms with Crippen molar-refractivity contribution in [3.8, 4) is 11.5 Å². The van der Waals surface area contributed by atoms with Crippen molar-refractivity contribution >= 4 is 5.69 Å². The highest BCUT2D eigenvalue weighted by Crippen LogP contribution is 2.28. The fraction of sp³-hybridized carbons (Fsp3) is 0.400. The van der Waals surface area contributed by atoms with Crippen LogP contribution in [0.1, 0.15) is 19.4 Å². The molecule has 0 spiro atoms. The molecule has 0 aliphatic heterocycles. The Balaban J connectivity index is 1.98. The molecule has 4 heteroatoms. The zero-order valence-electron chi connectivity index (χ0n) is 15.3. The van der Waals surface area contributed by atoms with Gasteiger partial charge in [-0.15, -0.1) is 0 Å². The van der Waals surface area contributed by atoms with Crippen molar-refractivity contribution in [1.82, 2.24) is 4.90 Å². The van der Waals surface area contributed by atoms with Gasteiger partial charge in [0, 0.05) is 12.2 Å². The number of benzene rings is 2. The lowest BCUT2D eigenvalue weighted by molar-refractivity contribution is 0.261. The summed E-state index contributed by atoms with van der Waals surface area (Å²) in [4.78, 5) is 2.10. The van der Waals surface area contributed by atoms with Crippen LogP contribution in [-0.4, -0.2) is 39.3 Å². The Labute approximate surface area is 145 Å². The fourth-order valence-electron chi connectivity index (χ4n) is 2.42. The van der Waals surface area contributed by atoms with Crippen LogP contribution in [0.25, 0.3) is 0 Å². The highest BCUT2D eigenvalue weighted by Gasteiger charge is 2.20. The van der Waals surface area contributed by atoms with Crippen molar-refractivity contribution in [2.24, 2.45) is 0 Å². The second kappa shape index (κ2) is 8.06. The molecule has 0 fully saturated rings. The van der Waals surface area contributed by atoms with Crippen LogP contribution in [0.15, 0.2) is 48.5 Å². The summed E-state index contributed by atoms with van der Waals surface area (Å²) in [6, 6.07) is 16.3. The summed E-state index contributed by atoms with van der Waals surface area (Å²) in [5.41, 5.74) is 2.09. The number of nitrogens with one attached hydrogen (secondary N) is 1. The number of anilines is 1. The highest BCUT2D eigenvalue weighted by molar-refractivity contribution is 5.50. The molecule has 24 heavy (non-hydrogen) atoms. The maximum absolute atomic E-state index is 5.73. The molecule has 0 unspecified atom stereocenters. The van der Waals surface area contributed by atoms with Gasteiger partial charge in [-0.05, 0) is 69.9 Å². The lowest BCUT2D eigenvalue weighted by atomic mass is 9.94. The van der Waals surface area contributed by atoms with Crippen molar-refractivity contribution < 1.29 is 9.47 Å². The maximum Gasteiger partial charge on any atom is 0.119 e. The smallest absolute Gasteiger partial charge is 0.119 e. The molecule has 130 valence electrons. The van der Waals surface area contributed by atoms with E-state index in [2.05, 4.69) is 48.3 Å². The minimum Gasteiger partial charge on any atom is -0.497 e. The number of hydrogen-bond acceptors (Lipinski definition) is 4. The first-order valence-electron chi connectivity index (χ1n) is 8.21. The Morgan fingerprint density at radius 1 is 0.917 bits per heavy atom. The zero-order valence-corrected chi connectivity index (χ0v) is 15.3. The third-order valence-corrected chi connectivity index (χ3v) is 3.93. The van der Waals surface area contributed by atoms with Crippen LogP contribution >= 0.6 is 0 Å². The molecule has 0 aromatic heterocycles. The number of hydrogen-bond donors (Lipinski definition) is 1. The molecule has 0 radical (unpaired) electrons. The number of nitrogens with zero attached hydrogens (tertiary/aromatic N) is 1. The van der Waals surface area contributed by atoms with E-state index in [0.29, 0.717) is 6.61 Å². The van der Waals surface area contributed by atoms with E-state index in [1.54, 1.807) is 7.11 Å². The lowest BCUT2D eigenvalue weighted by Crippen LogP contribution is -2.27. The standard InChI is InChI=1S/C20H28N2O2/c1-20(2,16-6-10-18(23-5)11-7-16)21-17-8-12-19(13-9-17)24-15-14-22(3)4/h6-13,21H,14-15H2,1-5H3. The van der Waals surface area contributed by atoms with Crippen LogP contribution in [0, 0.1) is 0 Å². The largest absolute Gasteiger partial charge is 0.497 e. The van der Waals surface area contributed by atoms with Crippen molar-refractivity contribution in [3.05, 3.63) is 54.1 Å². The molecule has 0 aliphatic carbocycles. The van der Waals surface area contributed by atoms with E-state index in [0.717, 1.165) is 23.7 Å². The highest BCUT2D eigenvalue weighted by atomic mass is 16.5. The van der Waals surface area contributed by atoms with E-state index < -0.39 is 0 Å². The minimum atomic E-state index is -0.181. The first kappa shape index (κ1) is 18.1. The lowest BCUT2D eigenvalue weighted by Gasteiger charge is -2.28. The molecule has 0 bridgehead atoms. The van der Waals surface area contributed by atoms with Gasteiger partial charge in [-0.3, -0.25) is 0 Å². The Morgan fingerprint density at radius 3 is 2.04 bits per heavy atom. The van der Waals surface area contributed by atoms with Gasteiger partial charge in [-0.2, -0.15) is 0 Å². The molecule has 4 nitrogen and oxygen atoms in total. The van der Waals surface area contributed by atoms with E-state index in [1.807, 2.05) is 38.4 Å². The summed E-state index contributed by atoms with van der Waals surface area (Å²) in [5, 5.41) is 3.57. The van der Waals surface area contributed by atoms with E-state index in [4.69, 9.17) is 9.47 Å². The van der Waals surface area contributed by atoms with Gasteiger partial charge >= 0.3 is 0 Å². The van der Waals surface area contributed by atoms with Crippen molar-refractivity contribution in [2.75, 3.05) is 39.7 Å². The molecule has 2 aromatic carbocycles. The average molecular weight is 328 g/mol. The third-order valence-electron chi connectivity index (χ3n) is 3.93. The van der Waals surface area contributed by atoms with Crippen LogP contribution < -0.4 is 14.8 Å². The first-order chi connectivity index (χ1) is 11.4. The molecule has 0 heterocycles. The van der Waals surface area contributed by atoms with Gasteiger partial charge in [0.25, 0.3) is 0 Å². The summed E-state index contributed by atoms with van der Waals surface area (Å²) < 4.78 is 11.0. The Morgan fingerprint density at radius 2 is 1.50 bits per heavy atom. The van der Waals surface area contributed by atoms with Gasteiger partial charge in [0.05, 0.1) is 12.6 Å². The van der Waals surface area contributed by atoms with E-state index in [1.165, 1.54) is 5.56 Å². The SMILES string of the molecule is COc1ccc(C(C)(C)Nc2ccc(OCCN(C)C)cc2)cc1. The predicted molar refractivity (Wildman–Crippen MR) is 100 cm³/mol. The van der Waals surface area contributed by atoms with E-state index >= 15 is 0 Å². The number of ether oxygens (including phenoxy) is 2. The van der Waals surface area contributed by atoms with Crippen molar-refractivity contribution in [1.29, 1.82) is 0 Å². The van der Waals surface area contributed by atoms with Crippen LogP contribution in [0.3, 0.4) is 0 Å². The Bertz CT molecular complexity index is 619. The Hall–Kier alpha value is -2.20. The first-order valence-corrected chi connectivity index (χ1v) is 8.21. The van der Waals surface area contributed by atoms with E-state index in [-0.39, 0.29) is 5.54 Å². The van der Waals surface area contributed by atoms with Gasteiger partial charge in [-0.25, -0.2) is 0 Å². The van der Waals surface area contributed by atoms with Crippen LogP contribution in [0.2, 0.25) is 0 Å². The van der Waals surface area contributed by atoms with Gasteiger partial charge in [0.1, 0.15) is 18.1 Å². The van der Waals surface area contributed by atoms with Gasteiger partial charge in [0.15, 0.2) is 0 Å². The number of methoxy groups -OCH3 is 1. The second-order valence-corrected chi connectivity index (χ2v) is 6.65. The number of likely N-dealkylation sites (N-methyl/N-ethyl adjacent to an activating group) is 1. The van der Waals surface area contributed by atoms with Gasteiger partial charge in [-0.1, -0.05) is 12.1 Å². The van der Waals surface area contributed by atoms with Crippen molar-refractivity contribution in [2.45, 2.75) is 19.4 Å². The normalized spacial score (nSPS) is 11.4. The summed E-state index contributed by atoms with van der Waals surface area (Å²) in [5.74, 6) is 1.76. The molecule has 0 atom stereocenters. The molecule has 0 aliphatic rings.